The molecule has 23 heavy (non-hydrogen) atoms. The van der Waals surface area contributed by atoms with Crippen molar-refractivity contribution in [1.29, 1.82) is 5.26 Å². The quantitative estimate of drug-likeness (QED) is 0.405. The number of anilines is 1. The number of hydrogen-bond acceptors (Lipinski definition) is 4. The van der Waals surface area contributed by atoms with E-state index in [9.17, 15) is 14.9 Å². The fraction of sp³-hybridized carbons (Fsp3) is 0.0588. The Morgan fingerprint density at radius 2 is 1.87 bits per heavy atom. The fourth-order valence-electron chi connectivity index (χ4n) is 1.92. The van der Waals surface area contributed by atoms with Crippen molar-refractivity contribution in [3.63, 3.8) is 0 Å². The van der Waals surface area contributed by atoms with Crippen LogP contribution in [0.5, 0.6) is 0 Å². The van der Waals surface area contributed by atoms with Crippen LogP contribution in [0.2, 0.25) is 0 Å². The van der Waals surface area contributed by atoms with Gasteiger partial charge in [0.25, 0.3) is 11.6 Å². The highest BCUT2D eigenvalue weighted by molar-refractivity contribution is 6.09. The summed E-state index contributed by atoms with van der Waals surface area (Å²) in [5.41, 5.74) is 1.42. The van der Waals surface area contributed by atoms with Crippen LogP contribution in [0.1, 0.15) is 11.1 Å². The van der Waals surface area contributed by atoms with Crippen LogP contribution in [0.4, 0.5) is 11.4 Å². The molecule has 6 heteroatoms. The maximum absolute atomic E-state index is 12.1. The lowest BCUT2D eigenvalue weighted by Gasteiger charge is -2.05. The molecule has 2 aromatic carbocycles. The first-order valence-corrected chi connectivity index (χ1v) is 6.74. The molecule has 6 nitrogen and oxygen atoms in total. The van der Waals surface area contributed by atoms with Gasteiger partial charge in [-0.2, -0.15) is 5.26 Å². The average molecular weight is 307 g/mol. The van der Waals surface area contributed by atoms with Crippen molar-refractivity contribution in [1.82, 2.24) is 0 Å². The largest absolute Gasteiger partial charge is 0.321 e. The van der Waals surface area contributed by atoms with E-state index in [1.807, 2.05) is 19.1 Å². The van der Waals surface area contributed by atoms with E-state index >= 15 is 0 Å². The zero-order chi connectivity index (χ0) is 16.8. The average Bonchev–Trinajstić information content (AvgIpc) is 2.54. The number of nitrogens with one attached hydrogen (secondary N) is 1. The highest BCUT2D eigenvalue weighted by atomic mass is 16.6. The number of rotatable bonds is 4. The first kappa shape index (κ1) is 15.9. The van der Waals surface area contributed by atoms with Crippen molar-refractivity contribution in [2.45, 2.75) is 6.92 Å². The second-order valence-corrected chi connectivity index (χ2v) is 4.81. The predicted octanol–water partition coefficient (Wildman–Crippen LogP) is 3.45. The van der Waals surface area contributed by atoms with Gasteiger partial charge in [0.1, 0.15) is 11.6 Å². The van der Waals surface area contributed by atoms with Gasteiger partial charge in [-0.15, -0.1) is 0 Å². The first-order valence-electron chi connectivity index (χ1n) is 6.74. The van der Waals surface area contributed by atoms with Crippen LogP contribution in [0, 0.1) is 28.4 Å². The molecular formula is C17H13N3O3. The lowest BCUT2D eigenvalue weighted by molar-refractivity contribution is -0.385. The monoisotopic (exact) mass is 307 g/mol. The highest BCUT2D eigenvalue weighted by Crippen LogP contribution is 2.21. The fourth-order valence-corrected chi connectivity index (χ4v) is 1.92. The van der Waals surface area contributed by atoms with Crippen LogP contribution in [0.15, 0.2) is 54.1 Å². The molecule has 2 aromatic rings. The summed E-state index contributed by atoms with van der Waals surface area (Å²) in [5.74, 6) is -0.616. The summed E-state index contributed by atoms with van der Waals surface area (Å²) >= 11 is 0. The third-order valence-electron chi connectivity index (χ3n) is 3.11. The normalized spacial score (nSPS) is 10.7. The molecule has 0 fully saturated rings. The van der Waals surface area contributed by atoms with Gasteiger partial charge in [-0.1, -0.05) is 29.8 Å². The molecule has 0 aliphatic heterocycles. The Hall–Kier alpha value is -3.46. The van der Waals surface area contributed by atoms with Gasteiger partial charge in [0.15, 0.2) is 0 Å². The van der Waals surface area contributed by atoms with Crippen LogP contribution in [0.25, 0.3) is 6.08 Å². The molecule has 0 saturated carbocycles. The first-order chi connectivity index (χ1) is 11.0. The van der Waals surface area contributed by atoms with Gasteiger partial charge in [0.2, 0.25) is 0 Å². The van der Waals surface area contributed by atoms with Gasteiger partial charge in [-0.25, -0.2) is 0 Å². The van der Waals surface area contributed by atoms with Gasteiger partial charge in [-0.05, 0) is 31.2 Å². The summed E-state index contributed by atoms with van der Waals surface area (Å²) in [4.78, 5) is 22.6. The number of nitro groups is 1. The van der Waals surface area contributed by atoms with Crippen LogP contribution in [-0.2, 0) is 4.79 Å². The number of aryl methyl sites for hydroxylation is 1. The number of benzene rings is 2. The minimum Gasteiger partial charge on any atom is -0.321 e. The summed E-state index contributed by atoms with van der Waals surface area (Å²) in [6, 6.07) is 14.8. The molecule has 114 valence electrons. The molecule has 0 aromatic heterocycles. The van der Waals surface area contributed by atoms with Gasteiger partial charge in [0.05, 0.1) is 10.5 Å². The van der Waals surface area contributed by atoms with E-state index in [1.165, 1.54) is 24.3 Å². The van der Waals surface area contributed by atoms with E-state index in [1.54, 1.807) is 24.3 Å². The van der Waals surface area contributed by atoms with Gasteiger partial charge >= 0.3 is 0 Å². The number of carbonyl (C=O) groups excluding carboxylic acids is 1. The molecule has 0 saturated heterocycles. The van der Waals surface area contributed by atoms with E-state index in [2.05, 4.69) is 5.32 Å². The lowest BCUT2D eigenvalue weighted by atomic mass is 10.1. The summed E-state index contributed by atoms with van der Waals surface area (Å²) < 4.78 is 0. The number of para-hydroxylation sites is 1. The molecule has 1 amide bonds. The Morgan fingerprint density at radius 3 is 2.48 bits per heavy atom. The molecule has 0 aliphatic carbocycles. The third-order valence-corrected chi connectivity index (χ3v) is 3.11. The highest BCUT2D eigenvalue weighted by Gasteiger charge is 2.15. The molecule has 0 spiro atoms. The smallest absolute Gasteiger partial charge is 0.276 e. The Balaban J connectivity index is 2.29. The summed E-state index contributed by atoms with van der Waals surface area (Å²) in [5, 5.41) is 22.7. The standard InChI is InChI=1S/C17H13N3O3/c1-12-6-8-15(9-7-12)19-17(21)14(11-18)10-13-4-2-3-5-16(13)20(22)23/h2-10H,1H3,(H,19,21). The molecule has 0 radical (unpaired) electrons. The molecular weight excluding hydrogens is 294 g/mol. The second kappa shape index (κ2) is 7.00. The third kappa shape index (κ3) is 4.02. The predicted molar refractivity (Wildman–Crippen MR) is 86.5 cm³/mol. The summed E-state index contributed by atoms with van der Waals surface area (Å²) in [6.07, 6.45) is 1.21. The minimum absolute atomic E-state index is 0.164. The van der Waals surface area contributed by atoms with Crippen LogP contribution in [0.3, 0.4) is 0 Å². The zero-order valence-electron chi connectivity index (χ0n) is 12.3. The van der Waals surface area contributed by atoms with E-state index in [-0.39, 0.29) is 16.8 Å². The Morgan fingerprint density at radius 1 is 1.22 bits per heavy atom. The number of amides is 1. The zero-order valence-corrected chi connectivity index (χ0v) is 12.3. The second-order valence-electron chi connectivity index (χ2n) is 4.81. The van der Waals surface area contributed by atoms with Gasteiger partial charge in [-0.3, -0.25) is 14.9 Å². The van der Waals surface area contributed by atoms with Crippen molar-refractivity contribution < 1.29 is 9.72 Å². The maximum atomic E-state index is 12.1. The van der Waals surface area contributed by atoms with E-state index in [4.69, 9.17) is 5.26 Å². The number of nitro benzene ring substituents is 1. The van der Waals surface area contributed by atoms with E-state index < -0.39 is 10.8 Å². The summed E-state index contributed by atoms with van der Waals surface area (Å²) in [6.45, 7) is 1.92. The molecule has 0 aliphatic rings. The SMILES string of the molecule is Cc1ccc(NC(=O)C(C#N)=Cc2ccccc2[N+](=O)[O-])cc1. The number of carbonyl (C=O) groups is 1. The van der Waals surface area contributed by atoms with Crippen LogP contribution >= 0.6 is 0 Å². The number of hydrogen-bond donors (Lipinski definition) is 1. The summed E-state index contributed by atoms with van der Waals surface area (Å²) in [7, 11) is 0. The number of nitrogens with zero attached hydrogens (tertiary/aromatic N) is 2. The molecule has 0 unspecified atom stereocenters. The molecule has 2 rings (SSSR count). The van der Waals surface area contributed by atoms with E-state index in [0.717, 1.165) is 5.56 Å². The van der Waals surface area contributed by atoms with E-state index in [0.29, 0.717) is 5.69 Å². The van der Waals surface area contributed by atoms with Crippen molar-refractivity contribution in [3.05, 3.63) is 75.3 Å². The van der Waals surface area contributed by atoms with Crippen LogP contribution < -0.4 is 5.32 Å². The molecule has 0 bridgehead atoms. The Bertz CT molecular complexity index is 818. The molecule has 1 N–H and O–H groups in total. The van der Waals surface area contributed by atoms with Crippen LogP contribution in [-0.4, -0.2) is 10.8 Å². The Labute approximate surface area is 132 Å². The van der Waals surface area contributed by atoms with Gasteiger partial charge in [0, 0.05) is 11.8 Å². The maximum Gasteiger partial charge on any atom is 0.276 e. The molecule has 0 atom stereocenters. The van der Waals surface area contributed by atoms with Gasteiger partial charge < -0.3 is 5.32 Å². The number of nitriles is 1. The van der Waals surface area contributed by atoms with Crippen molar-refractivity contribution >= 4 is 23.4 Å². The topological polar surface area (TPSA) is 96.0 Å². The molecule has 0 heterocycles. The van der Waals surface area contributed by atoms with Crippen molar-refractivity contribution in [3.8, 4) is 6.07 Å². The lowest BCUT2D eigenvalue weighted by Crippen LogP contribution is -2.13. The van der Waals surface area contributed by atoms with Crippen molar-refractivity contribution in [2.75, 3.05) is 5.32 Å². The Kier molecular flexibility index (Phi) is 4.85. The minimum atomic E-state index is -0.616. The van der Waals surface area contributed by atoms with Crippen molar-refractivity contribution in [2.24, 2.45) is 0 Å².